The molecule has 17 heavy (non-hydrogen) atoms. The molecule has 0 spiro atoms. The normalized spacial score (nSPS) is 17.4. The molecule has 1 aliphatic carbocycles. The van der Waals surface area contributed by atoms with Gasteiger partial charge in [-0.05, 0) is 37.5 Å². The van der Waals surface area contributed by atoms with Gasteiger partial charge in [0.15, 0.2) is 0 Å². The van der Waals surface area contributed by atoms with Crippen LogP contribution < -0.4 is 10.1 Å². The highest BCUT2D eigenvalue weighted by molar-refractivity contribution is 5.58. The predicted molar refractivity (Wildman–Crippen MR) is 69.6 cm³/mol. The number of aliphatic hydroxyl groups excluding tert-OH is 1. The minimum Gasteiger partial charge on any atom is -0.495 e. The highest BCUT2D eigenvalue weighted by atomic mass is 16.5. The van der Waals surface area contributed by atoms with Crippen LogP contribution in [-0.4, -0.2) is 25.4 Å². The Labute approximate surface area is 103 Å². The molecule has 0 unspecified atom stereocenters. The fourth-order valence-electron chi connectivity index (χ4n) is 2.31. The number of nitrogens with one attached hydrogen (secondary N) is 1. The highest BCUT2D eigenvalue weighted by Gasteiger charge is 2.36. The van der Waals surface area contributed by atoms with E-state index in [1.807, 2.05) is 12.1 Å². The fraction of sp³-hybridized carbons (Fsp3) is 0.571. The zero-order valence-corrected chi connectivity index (χ0v) is 10.6. The monoisotopic (exact) mass is 235 g/mol. The molecule has 0 aliphatic heterocycles. The fourth-order valence-corrected chi connectivity index (χ4v) is 2.31. The average Bonchev–Trinajstić information content (AvgIpc) is 2.28. The minimum atomic E-state index is 0.0920. The summed E-state index contributed by atoms with van der Waals surface area (Å²) in [6.45, 7) is 3.16. The van der Waals surface area contributed by atoms with Gasteiger partial charge in [-0.1, -0.05) is 12.5 Å². The third-order valence-electron chi connectivity index (χ3n) is 3.76. The van der Waals surface area contributed by atoms with E-state index in [1.165, 1.54) is 12.0 Å². The number of hydrogen-bond acceptors (Lipinski definition) is 3. The first-order valence-electron chi connectivity index (χ1n) is 6.18. The molecule has 0 heterocycles. The van der Waals surface area contributed by atoms with Crippen molar-refractivity contribution in [1.29, 1.82) is 0 Å². The molecule has 2 rings (SSSR count). The summed E-state index contributed by atoms with van der Waals surface area (Å²) in [5.41, 5.74) is 2.32. The number of ether oxygens (including phenoxy) is 1. The lowest BCUT2D eigenvalue weighted by Gasteiger charge is -2.40. The Kier molecular flexibility index (Phi) is 3.57. The summed E-state index contributed by atoms with van der Waals surface area (Å²) in [6, 6.07) is 6.10. The molecule has 0 bridgehead atoms. The minimum absolute atomic E-state index is 0.0920. The zero-order valence-electron chi connectivity index (χ0n) is 10.6. The van der Waals surface area contributed by atoms with Gasteiger partial charge in [0.1, 0.15) is 5.75 Å². The predicted octanol–water partition coefficient (Wildman–Crippen LogP) is 2.58. The van der Waals surface area contributed by atoms with Crippen LogP contribution in [0.15, 0.2) is 18.2 Å². The summed E-state index contributed by atoms with van der Waals surface area (Å²) in [5, 5.41) is 12.8. The molecule has 1 saturated carbocycles. The lowest BCUT2D eigenvalue weighted by molar-refractivity contribution is 0.0576. The largest absolute Gasteiger partial charge is 0.495 e. The number of aryl methyl sites for hydroxylation is 1. The van der Waals surface area contributed by atoms with Gasteiger partial charge in [0.05, 0.1) is 19.4 Å². The van der Waals surface area contributed by atoms with Gasteiger partial charge in [-0.25, -0.2) is 0 Å². The first-order chi connectivity index (χ1) is 8.19. The zero-order chi connectivity index (χ0) is 12.3. The maximum atomic E-state index is 9.42. The van der Waals surface area contributed by atoms with Gasteiger partial charge in [-0.3, -0.25) is 0 Å². The van der Waals surface area contributed by atoms with Crippen LogP contribution in [0.2, 0.25) is 0 Å². The van der Waals surface area contributed by atoms with E-state index in [2.05, 4.69) is 18.3 Å². The van der Waals surface area contributed by atoms with E-state index in [0.717, 1.165) is 30.8 Å². The third-order valence-corrected chi connectivity index (χ3v) is 3.76. The molecule has 3 nitrogen and oxygen atoms in total. The first-order valence-corrected chi connectivity index (χ1v) is 6.18. The Morgan fingerprint density at radius 1 is 1.41 bits per heavy atom. The van der Waals surface area contributed by atoms with E-state index in [9.17, 15) is 5.11 Å². The quantitative estimate of drug-likeness (QED) is 0.824. The number of rotatable bonds is 5. The molecule has 1 fully saturated rings. The number of hydrogen-bond donors (Lipinski definition) is 2. The summed E-state index contributed by atoms with van der Waals surface area (Å²) >= 11 is 0. The summed E-state index contributed by atoms with van der Waals surface area (Å²) in [6.07, 6.45) is 3.46. The number of methoxy groups -OCH3 is 1. The Morgan fingerprint density at radius 3 is 2.71 bits per heavy atom. The van der Waals surface area contributed by atoms with Crippen molar-refractivity contribution in [3.05, 3.63) is 23.8 Å². The average molecular weight is 235 g/mol. The second-order valence-corrected chi connectivity index (χ2v) is 5.07. The van der Waals surface area contributed by atoms with Crippen LogP contribution in [-0.2, 0) is 0 Å². The maximum absolute atomic E-state index is 9.42. The SMILES string of the molecule is COc1ccc(C)cc1NCC1(CO)CCC1. The number of benzene rings is 1. The van der Waals surface area contributed by atoms with E-state index in [4.69, 9.17) is 4.74 Å². The Balaban J connectivity index is 2.05. The molecule has 0 aromatic heterocycles. The van der Waals surface area contributed by atoms with Crippen LogP contribution in [0.1, 0.15) is 24.8 Å². The van der Waals surface area contributed by atoms with Gasteiger partial charge in [-0.15, -0.1) is 0 Å². The van der Waals surface area contributed by atoms with E-state index < -0.39 is 0 Å². The van der Waals surface area contributed by atoms with Gasteiger partial charge in [0.2, 0.25) is 0 Å². The molecule has 2 N–H and O–H groups in total. The van der Waals surface area contributed by atoms with Gasteiger partial charge in [-0.2, -0.15) is 0 Å². The van der Waals surface area contributed by atoms with Gasteiger partial charge >= 0.3 is 0 Å². The van der Waals surface area contributed by atoms with Gasteiger partial charge in [0.25, 0.3) is 0 Å². The van der Waals surface area contributed by atoms with Crippen LogP contribution in [0, 0.1) is 12.3 Å². The van der Waals surface area contributed by atoms with Crippen LogP contribution in [0.25, 0.3) is 0 Å². The lowest BCUT2D eigenvalue weighted by atomic mass is 9.69. The molecule has 0 amide bonds. The summed E-state index contributed by atoms with van der Waals surface area (Å²) < 4.78 is 5.33. The van der Waals surface area contributed by atoms with Crippen LogP contribution in [0.3, 0.4) is 0 Å². The molecule has 0 radical (unpaired) electrons. The topological polar surface area (TPSA) is 41.5 Å². The van der Waals surface area contributed by atoms with Crippen molar-refractivity contribution in [3.8, 4) is 5.75 Å². The Morgan fingerprint density at radius 2 is 2.18 bits per heavy atom. The highest BCUT2D eigenvalue weighted by Crippen LogP contribution is 2.41. The molecule has 0 saturated heterocycles. The smallest absolute Gasteiger partial charge is 0.141 e. The molecule has 1 aliphatic rings. The van der Waals surface area contributed by atoms with Crippen molar-refractivity contribution in [2.24, 2.45) is 5.41 Å². The lowest BCUT2D eigenvalue weighted by Crippen LogP contribution is -2.39. The van der Waals surface area contributed by atoms with E-state index in [0.29, 0.717) is 0 Å². The second kappa shape index (κ2) is 4.96. The molecule has 0 atom stereocenters. The summed E-state index contributed by atoms with van der Waals surface area (Å²) in [7, 11) is 1.68. The molecule has 94 valence electrons. The summed E-state index contributed by atoms with van der Waals surface area (Å²) in [5.74, 6) is 0.864. The van der Waals surface area contributed by atoms with Crippen molar-refractivity contribution in [3.63, 3.8) is 0 Å². The molecule has 1 aromatic carbocycles. The Hall–Kier alpha value is -1.22. The van der Waals surface area contributed by atoms with Gasteiger partial charge in [0, 0.05) is 12.0 Å². The van der Waals surface area contributed by atoms with Gasteiger partial charge < -0.3 is 15.2 Å². The van der Waals surface area contributed by atoms with Crippen LogP contribution in [0.4, 0.5) is 5.69 Å². The van der Waals surface area contributed by atoms with E-state index in [1.54, 1.807) is 7.11 Å². The number of aliphatic hydroxyl groups is 1. The summed E-state index contributed by atoms with van der Waals surface area (Å²) in [4.78, 5) is 0. The molecular weight excluding hydrogens is 214 g/mol. The van der Waals surface area contributed by atoms with Crippen molar-refractivity contribution in [1.82, 2.24) is 0 Å². The Bertz CT molecular complexity index is 380. The van der Waals surface area contributed by atoms with Crippen LogP contribution in [0.5, 0.6) is 5.75 Å². The maximum Gasteiger partial charge on any atom is 0.141 e. The van der Waals surface area contributed by atoms with Crippen molar-refractivity contribution in [2.45, 2.75) is 26.2 Å². The standard InChI is InChI=1S/C14H21NO2/c1-11-4-5-13(17-2)12(8-11)15-9-14(10-16)6-3-7-14/h4-5,8,15-16H,3,6-7,9-10H2,1-2H3. The van der Waals surface area contributed by atoms with Crippen molar-refractivity contribution in [2.75, 3.05) is 25.6 Å². The van der Waals surface area contributed by atoms with Crippen molar-refractivity contribution >= 4 is 5.69 Å². The first kappa shape index (κ1) is 12.2. The van der Waals surface area contributed by atoms with E-state index >= 15 is 0 Å². The molecular formula is C14H21NO2. The van der Waals surface area contributed by atoms with Crippen molar-refractivity contribution < 1.29 is 9.84 Å². The number of anilines is 1. The van der Waals surface area contributed by atoms with Crippen LogP contribution >= 0.6 is 0 Å². The molecule has 3 heteroatoms. The molecule has 1 aromatic rings. The third kappa shape index (κ3) is 2.55. The van der Waals surface area contributed by atoms with E-state index in [-0.39, 0.29) is 12.0 Å². The second-order valence-electron chi connectivity index (χ2n) is 5.07.